The molecule has 0 aliphatic carbocycles. The molecule has 7 heteroatoms. The van der Waals surface area contributed by atoms with Gasteiger partial charge in [-0.05, 0) is 57.0 Å². The number of nitrogens with one attached hydrogen (secondary N) is 2. The Morgan fingerprint density at radius 2 is 1.86 bits per heavy atom. The van der Waals surface area contributed by atoms with E-state index in [0.29, 0.717) is 44.1 Å². The summed E-state index contributed by atoms with van der Waals surface area (Å²) < 4.78 is 16.2. The van der Waals surface area contributed by atoms with Crippen molar-refractivity contribution in [3.63, 3.8) is 0 Å². The van der Waals surface area contributed by atoms with E-state index in [0.717, 1.165) is 5.56 Å². The molecule has 1 aromatic carbocycles. The lowest BCUT2D eigenvalue weighted by atomic mass is 10.1. The second kappa shape index (κ2) is 11.0. The maximum atomic E-state index is 12.2. The van der Waals surface area contributed by atoms with Crippen LogP contribution in [0.15, 0.2) is 41.0 Å². The third-order valence-corrected chi connectivity index (χ3v) is 4.06. The summed E-state index contributed by atoms with van der Waals surface area (Å²) in [5.74, 6) is 1.27. The van der Waals surface area contributed by atoms with E-state index >= 15 is 0 Å². The number of hydrogen-bond acceptors (Lipinski definition) is 5. The summed E-state index contributed by atoms with van der Waals surface area (Å²) in [4.78, 5) is 23.9. The Hall–Kier alpha value is -2.96. The molecule has 2 rings (SSSR count). The summed E-state index contributed by atoms with van der Waals surface area (Å²) in [7, 11) is 0. The molecule has 1 heterocycles. The lowest BCUT2D eigenvalue weighted by molar-refractivity contribution is -0.121. The zero-order valence-corrected chi connectivity index (χ0v) is 16.6. The lowest BCUT2D eigenvalue weighted by Gasteiger charge is -2.17. The standard InChI is InChI=1S/C21H28N2O5/c1-4-26-17-11-10-16(14-19(17)27-5-2)15(3)23-20(24)9-6-12-22-21(25)18-8-7-13-28-18/h7-8,10-11,13-15H,4-6,9,12H2,1-3H3,(H,22,25)(H,23,24). The molecule has 2 N–H and O–H groups in total. The van der Waals surface area contributed by atoms with Gasteiger partial charge in [0.25, 0.3) is 5.91 Å². The first-order chi connectivity index (χ1) is 13.5. The average Bonchev–Trinajstić information content (AvgIpc) is 3.21. The Balaban J connectivity index is 1.79. The Morgan fingerprint density at radius 3 is 2.54 bits per heavy atom. The molecular formula is C21H28N2O5. The highest BCUT2D eigenvalue weighted by Crippen LogP contribution is 2.30. The molecule has 2 amide bonds. The van der Waals surface area contributed by atoms with Crippen LogP contribution in [0.25, 0.3) is 0 Å². The maximum Gasteiger partial charge on any atom is 0.286 e. The Labute approximate surface area is 165 Å². The van der Waals surface area contributed by atoms with Gasteiger partial charge in [-0.1, -0.05) is 6.07 Å². The predicted octanol–water partition coefficient (Wildman–Crippen LogP) is 3.46. The number of hydrogen-bond donors (Lipinski definition) is 2. The van der Waals surface area contributed by atoms with Crippen LogP contribution in [0.3, 0.4) is 0 Å². The fourth-order valence-electron chi connectivity index (χ4n) is 2.68. The van der Waals surface area contributed by atoms with Crippen molar-refractivity contribution in [1.82, 2.24) is 10.6 Å². The monoisotopic (exact) mass is 388 g/mol. The van der Waals surface area contributed by atoms with E-state index in [9.17, 15) is 9.59 Å². The van der Waals surface area contributed by atoms with Crippen molar-refractivity contribution < 1.29 is 23.5 Å². The Kier molecular flexibility index (Phi) is 8.39. The lowest BCUT2D eigenvalue weighted by Crippen LogP contribution is -2.29. The smallest absolute Gasteiger partial charge is 0.286 e. The molecule has 2 aromatic rings. The number of rotatable bonds is 11. The normalized spacial score (nSPS) is 11.5. The molecule has 1 atom stereocenters. The van der Waals surface area contributed by atoms with Crippen LogP contribution < -0.4 is 20.1 Å². The first-order valence-electron chi connectivity index (χ1n) is 9.55. The van der Waals surface area contributed by atoms with Gasteiger partial charge >= 0.3 is 0 Å². The first-order valence-corrected chi connectivity index (χ1v) is 9.55. The van der Waals surface area contributed by atoms with E-state index in [1.807, 2.05) is 39.0 Å². The molecule has 0 saturated heterocycles. The minimum atomic E-state index is -0.281. The molecule has 28 heavy (non-hydrogen) atoms. The zero-order chi connectivity index (χ0) is 20.4. The topological polar surface area (TPSA) is 89.8 Å². The molecule has 1 aromatic heterocycles. The van der Waals surface area contributed by atoms with E-state index in [1.165, 1.54) is 6.26 Å². The quantitative estimate of drug-likeness (QED) is 0.576. The van der Waals surface area contributed by atoms with Crippen LogP contribution in [0.5, 0.6) is 11.5 Å². The second-order valence-electron chi connectivity index (χ2n) is 6.20. The molecular weight excluding hydrogens is 360 g/mol. The summed E-state index contributed by atoms with van der Waals surface area (Å²) >= 11 is 0. The van der Waals surface area contributed by atoms with Crippen LogP contribution in [-0.2, 0) is 4.79 Å². The van der Waals surface area contributed by atoms with E-state index in [1.54, 1.807) is 12.1 Å². The summed E-state index contributed by atoms with van der Waals surface area (Å²) in [5.41, 5.74) is 0.936. The van der Waals surface area contributed by atoms with Crippen molar-refractivity contribution >= 4 is 11.8 Å². The summed E-state index contributed by atoms with van der Waals surface area (Å²) in [6.07, 6.45) is 2.30. The fourth-order valence-corrected chi connectivity index (χ4v) is 2.68. The third-order valence-electron chi connectivity index (χ3n) is 4.06. The van der Waals surface area contributed by atoms with Crippen LogP contribution in [0.1, 0.15) is 55.8 Å². The van der Waals surface area contributed by atoms with Gasteiger partial charge in [0.05, 0.1) is 25.5 Å². The van der Waals surface area contributed by atoms with Crippen LogP contribution in [0, 0.1) is 0 Å². The van der Waals surface area contributed by atoms with Gasteiger partial charge in [0.15, 0.2) is 17.3 Å². The zero-order valence-electron chi connectivity index (χ0n) is 16.6. The summed E-state index contributed by atoms with van der Waals surface area (Å²) in [6, 6.07) is 8.75. The van der Waals surface area contributed by atoms with Gasteiger partial charge in [0.1, 0.15) is 0 Å². The highest BCUT2D eigenvalue weighted by atomic mass is 16.5. The van der Waals surface area contributed by atoms with Gasteiger partial charge in [-0.3, -0.25) is 9.59 Å². The molecule has 0 saturated carbocycles. The molecule has 0 bridgehead atoms. The first kappa shape index (κ1) is 21.3. The molecule has 7 nitrogen and oxygen atoms in total. The van der Waals surface area contributed by atoms with Gasteiger partial charge in [-0.15, -0.1) is 0 Å². The molecule has 0 fully saturated rings. The number of ether oxygens (including phenoxy) is 2. The highest BCUT2D eigenvalue weighted by molar-refractivity contribution is 5.91. The van der Waals surface area contributed by atoms with E-state index in [4.69, 9.17) is 13.9 Å². The minimum Gasteiger partial charge on any atom is -0.490 e. The SMILES string of the molecule is CCOc1ccc(C(C)NC(=O)CCCNC(=O)c2ccco2)cc1OCC. The number of carbonyl (C=O) groups is 2. The minimum absolute atomic E-state index is 0.0772. The van der Waals surface area contributed by atoms with Gasteiger partial charge in [-0.2, -0.15) is 0 Å². The number of furan rings is 1. The van der Waals surface area contributed by atoms with Gasteiger partial charge in [0, 0.05) is 13.0 Å². The van der Waals surface area contributed by atoms with E-state index in [2.05, 4.69) is 10.6 Å². The number of benzene rings is 1. The molecule has 0 radical (unpaired) electrons. The maximum absolute atomic E-state index is 12.2. The van der Waals surface area contributed by atoms with Crippen molar-refractivity contribution in [2.75, 3.05) is 19.8 Å². The van der Waals surface area contributed by atoms with Crippen molar-refractivity contribution in [2.45, 2.75) is 39.7 Å². The number of amides is 2. The molecule has 1 unspecified atom stereocenters. The fraction of sp³-hybridized carbons (Fsp3) is 0.429. The van der Waals surface area contributed by atoms with Crippen LogP contribution in [0.4, 0.5) is 0 Å². The average molecular weight is 388 g/mol. The van der Waals surface area contributed by atoms with Crippen LogP contribution >= 0.6 is 0 Å². The highest BCUT2D eigenvalue weighted by Gasteiger charge is 2.14. The van der Waals surface area contributed by atoms with Crippen LogP contribution in [-0.4, -0.2) is 31.6 Å². The number of carbonyl (C=O) groups excluding carboxylic acids is 2. The van der Waals surface area contributed by atoms with Crippen LogP contribution in [0.2, 0.25) is 0 Å². The summed E-state index contributed by atoms with van der Waals surface area (Å²) in [6.45, 7) is 7.25. The Morgan fingerprint density at radius 1 is 1.11 bits per heavy atom. The second-order valence-corrected chi connectivity index (χ2v) is 6.20. The van der Waals surface area contributed by atoms with Gasteiger partial charge < -0.3 is 24.5 Å². The predicted molar refractivity (Wildman–Crippen MR) is 106 cm³/mol. The largest absolute Gasteiger partial charge is 0.490 e. The van der Waals surface area contributed by atoms with E-state index in [-0.39, 0.29) is 23.6 Å². The Bertz CT molecular complexity index is 758. The molecule has 0 aliphatic rings. The third kappa shape index (κ3) is 6.33. The van der Waals surface area contributed by atoms with Gasteiger partial charge in [-0.25, -0.2) is 0 Å². The summed E-state index contributed by atoms with van der Waals surface area (Å²) in [5, 5.41) is 5.69. The van der Waals surface area contributed by atoms with Gasteiger partial charge in [0.2, 0.25) is 5.91 Å². The van der Waals surface area contributed by atoms with Crippen molar-refractivity contribution in [3.8, 4) is 11.5 Å². The molecule has 152 valence electrons. The van der Waals surface area contributed by atoms with Crippen molar-refractivity contribution in [3.05, 3.63) is 47.9 Å². The molecule has 0 aliphatic heterocycles. The molecule has 0 spiro atoms. The van der Waals surface area contributed by atoms with Crippen molar-refractivity contribution in [1.29, 1.82) is 0 Å². The van der Waals surface area contributed by atoms with Crippen molar-refractivity contribution in [2.24, 2.45) is 0 Å². The van der Waals surface area contributed by atoms with E-state index < -0.39 is 0 Å².